The lowest BCUT2D eigenvalue weighted by Crippen LogP contribution is -2.01. The average Bonchev–Trinajstić information content (AvgIpc) is 1.88. The third-order valence-corrected chi connectivity index (χ3v) is 2.14. The monoisotopic (exact) mass is 136 g/mol. The van der Waals surface area contributed by atoms with E-state index in [1.54, 1.807) is 5.57 Å². The van der Waals surface area contributed by atoms with Crippen molar-refractivity contribution in [3.05, 3.63) is 24.3 Å². The molecule has 0 radical (unpaired) electrons. The van der Waals surface area contributed by atoms with E-state index in [2.05, 4.69) is 19.6 Å². The van der Waals surface area contributed by atoms with Crippen LogP contribution in [0.5, 0.6) is 0 Å². The van der Waals surface area contributed by atoms with Gasteiger partial charge >= 0.3 is 0 Å². The van der Waals surface area contributed by atoms with Gasteiger partial charge < -0.3 is 0 Å². The number of hydrogen-bond donors (Lipinski definition) is 0. The lowest BCUT2D eigenvalue weighted by Gasteiger charge is -2.17. The third-order valence-electron chi connectivity index (χ3n) is 2.14. The van der Waals surface area contributed by atoms with Gasteiger partial charge in [-0.2, -0.15) is 0 Å². The Kier molecular flexibility index (Phi) is 2.73. The fourth-order valence-electron chi connectivity index (χ4n) is 1.61. The SMILES string of the molecule is C=CCC1C=C(C)CCC1. The highest BCUT2D eigenvalue weighted by atomic mass is 14.1. The molecule has 1 unspecified atom stereocenters. The van der Waals surface area contributed by atoms with Gasteiger partial charge in [0.15, 0.2) is 0 Å². The molecule has 1 atom stereocenters. The minimum absolute atomic E-state index is 0.797. The van der Waals surface area contributed by atoms with E-state index in [1.807, 2.05) is 6.08 Å². The molecule has 0 fully saturated rings. The maximum Gasteiger partial charge on any atom is -0.0196 e. The topological polar surface area (TPSA) is 0 Å². The molecular weight excluding hydrogens is 120 g/mol. The van der Waals surface area contributed by atoms with E-state index in [0.717, 1.165) is 12.3 Å². The van der Waals surface area contributed by atoms with Gasteiger partial charge in [0.2, 0.25) is 0 Å². The molecule has 0 heterocycles. The first-order valence-electron chi connectivity index (χ1n) is 4.11. The zero-order valence-corrected chi connectivity index (χ0v) is 6.77. The summed E-state index contributed by atoms with van der Waals surface area (Å²) in [6.07, 6.45) is 9.65. The molecule has 56 valence electrons. The zero-order valence-electron chi connectivity index (χ0n) is 6.77. The van der Waals surface area contributed by atoms with E-state index in [0.29, 0.717) is 0 Å². The van der Waals surface area contributed by atoms with Gasteiger partial charge in [-0.05, 0) is 38.5 Å². The lowest BCUT2D eigenvalue weighted by atomic mass is 9.89. The second-order valence-corrected chi connectivity index (χ2v) is 3.19. The Morgan fingerprint density at radius 2 is 2.60 bits per heavy atom. The second kappa shape index (κ2) is 3.60. The largest absolute Gasteiger partial charge is 0.103 e. The smallest absolute Gasteiger partial charge is 0.0196 e. The zero-order chi connectivity index (χ0) is 7.40. The molecule has 0 aliphatic heterocycles. The van der Waals surface area contributed by atoms with Crippen LogP contribution < -0.4 is 0 Å². The predicted molar refractivity (Wildman–Crippen MR) is 45.9 cm³/mol. The van der Waals surface area contributed by atoms with E-state index < -0.39 is 0 Å². The summed E-state index contributed by atoms with van der Waals surface area (Å²) < 4.78 is 0. The molecule has 10 heavy (non-hydrogen) atoms. The lowest BCUT2D eigenvalue weighted by molar-refractivity contribution is 0.534. The van der Waals surface area contributed by atoms with Crippen LogP contribution in [0.2, 0.25) is 0 Å². The van der Waals surface area contributed by atoms with Crippen LogP contribution >= 0.6 is 0 Å². The maximum atomic E-state index is 3.75. The van der Waals surface area contributed by atoms with Gasteiger partial charge in [0, 0.05) is 0 Å². The minimum Gasteiger partial charge on any atom is -0.103 e. The second-order valence-electron chi connectivity index (χ2n) is 3.19. The third kappa shape index (κ3) is 2.02. The molecular formula is C10H16. The normalized spacial score (nSPS) is 25.7. The van der Waals surface area contributed by atoms with Crippen molar-refractivity contribution in [3.8, 4) is 0 Å². The summed E-state index contributed by atoms with van der Waals surface area (Å²) in [6.45, 7) is 5.98. The molecule has 0 bridgehead atoms. The molecule has 0 spiro atoms. The van der Waals surface area contributed by atoms with E-state index in [-0.39, 0.29) is 0 Å². The van der Waals surface area contributed by atoms with Crippen LogP contribution in [0, 0.1) is 5.92 Å². The van der Waals surface area contributed by atoms with Crippen molar-refractivity contribution in [1.82, 2.24) is 0 Å². The van der Waals surface area contributed by atoms with Crippen LogP contribution in [0.1, 0.15) is 32.6 Å². The van der Waals surface area contributed by atoms with E-state index in [4.69, 9.17) is 0 Å². The molecule has 1 aliphatic rings. The van der Waals surface area contributed by atoms with Crippen molar-refractivity contribution in [3.63, 3.8) is 0 Å². The van der Waals surface area contributed by atoms with Crippen molar-refractivity contribution in [2.75, 3.05) is 0 Å². The van der Waals surface area contributed by atoms with Crippen LogP contribution in [0.3, 0.4) is 0 Å². The number of rotatable bonds is 2. The molecule has 0 aromatic rings. The fourth-order valence-corrected chi connectivity index (χ4v) is 1.61. The summed E-state index contributed by atoms with van der Waals surface area (Å²) in [5, 5.41) is 0. The van der Waals surface area contributed by atoms with Crippen molar-refractivity contribution in [1.29, 1.82) is 0 Å². The standard InChI is InChI=1S/C10H16/c1-3-5-10-7-4-6-9(2)8-10/h3,8,10H,1,4-7H2,2H3. The Morgan fingerprint density at radius 3 is 3.20 bits per heavy atom. The van der Waals surface area contributed by atoms with Gasteiger partial charge in [-0.3, -0.25) is 0 Å². The Hall–Kier alpha value is -0.520. The summed E-state index contributed by atoms with van der Waals surface area (Å²) in [5.74, 6) is 0.797. The van der Waals surface area contributed by atoms with Crippen molar-refractivity contribution < 1.29 is 0 Å². The maximum absolute atomic E-state index is 3.75. The highest BCUT2D eigenvalue weighted by molar-refractivity contribution is 5.05. The van der Waals surface area contributed by atoms with Crippen molar-refractivity contribution in [2.24, 2.45) is 5.92 Å². The average molecular weight is 136 g/mol. The van der Waals surface area contributed by atoms with Crippen LogP contribution in [0.25, 0.3) is 0 Å². The van der Waals surface area contributed by atoms with E-state index in [1.165, 1.54) is 19.3 Å². The van der Waals surface area contributed by atoms with Crippen LogP contribution in [0.15, 0.2) is 24.3 Å². The Morgan fingerprint density at radius 1 is 1.80 bits per heavy atom. The summed E-state index contributed by atoms with van der Waals surface area (Å²) in [4.78, 5) is 0. The molecule has 0 N–H and O–H groups in total. The molecule has 0 nitrogen and oxygen atoms in total. The Balaban J connectivity index is 2.45. The predicted octanol–water partition coefficient (Wildman–Crippen LogP) is 3.31. The van der Waals surface area contributed by atoms with Crippen LogP contribution in [-0.2, 0) is 0 Å². The molecule has 0 heteroatoms. The molecule has 0 saturated carbocycles. The molecule has 0 saturated heterocycles. The quantitative estimate of drug-likeness (QED) is 0.511. The van der Waals surface area contributed by atoms with Crippen molar-refractivity contribution >= 4 is 0 Å². The van der Waals surface area contributed by atoms with Crippen LogP contribution in [0.4, 0.5) is 0 Å². The summed E-state index contributed by atoms with van der Waals surface area (Å²) in [5.41, 5.74) is 1.57. The van der Waals surface area contributed by atoms with Gasteiger partial charge in [0.25, 0.3) is 0 Å². The first-order chi connectivity index (χ1) is 4.83. The highest BCUT2D eigenvalue weighted by Crippen LogP contribution is 2.24. The number of allylic oxidation sites excluding steroid dienone is 3. The summed E-state index contributed by atoms with van der Waals surface area (Å²) in [6, 6.07) is 0. The fraction of sp³-hybridized carbons (Fsp3) is 0.600. The highest BCUT2D eigenvalue weighted by Gasteiger charge is 2.08. The van der Waals surface area contributed by atoms with Gasteiger partial charge in [-0.25, -0.2) is 0 Å². The van der Waals surface area contributed by atoms with Crippen LogP contribution in [-0.4, -0.2) is 0 Å². The van der Waals surface area contributed by atoms with Crippen molar-refractivity contribution in [2.45, 2.75) is 32.6 Å². The Bertz CT molecular complexity index is 142. The summed E-state index contributed by atoms with van der Waals surface area (Å²) >= 11 is 0. The van der Waals surface area contributed by atoms with E-state index in [9.17, 15) is 0 Å². The van der Waals surface area contributed by atoms with E-state index >= 15 is 0 Å². The molecule has 0 amide bonds. The minimum atomic E-state index is 0.797. The van der Waals surface area contributed by atoms with Gasteiger partial charge in [0.1, 0.15) is 0 Å². The molecule has 1 rings (SSSR count). The molecule has 0 aromatic carbocycles. The van der Waals surface area contributed by atoms with Gasteiger partial charge in [0.05, 0.1) is 0 Å². The number of hydrogen-bond acceptors (Lipinski definition) is 0. The first kappa shape index (κ1) is 7.59. The van der Waals surface area contributed by atoms with Gasteiger partial charge in [-0.15, -0.1) is 6.58 Å². The van der Waals surface area contributed by atoms with Gasteiger partial charge in [-0.1, -0.05) is 17.7 Å². The molecule has 0 aromatic heterocycles. The molecule has 1 aliphatic carbocycles. The first-order valence-corrected chi connectivity index (χ1v) is 4.11. The summed E-state index contributed by atoms with van der Waals surface area (Å²) in [7, 11) is 0. The Labute approximate surface area is 63.6 Å².